The number of nitrogens with zero attached hydrogens (tertiary/aromatic N) is 1. The summed E-state index contributed by atoms with van der Waals surface area (Å²) in [6, 6.07) is 0. The van der Waals surface area contributed by atoms with Crippen LogP contribution in [0, 0.1) is 0 Å². The predicted octanol–water partition coefficient (Wildman–Crippen LogP) is 0.938. The van der Waals surface area contributed by atoms with Crippen molar-refractivity contribution < 1.29 is 9.59 Å². The summed E-state index contributed by atoms with van der Waals surface area (Å²) < 4.78 is 0. The van der Waals surface area contributed by atoms with Crippen LogP contribution in [0.15, 0.2) is 36.2 Å². The van der Waals surface area contributed by atoms with Gasteiger partial charge in [-0.1, -0.05) is 18.7 Å². The highest BCUT2D eigenvalue weighted by Gasteiger charge is 2.22. The smallest absolute Gasteiger partial charge is 0.244 e. The Kier molecular flexibility index (Phi) is 3.44. The average molecular weight is 206 g/mol. The lowest BCUT2D eigenvalue weighted by Crippen LogP contribution is -2.44. The lowest BCUT2D eigenvalue weighted by atomic mass is 10.2. The maximum Gasteiger partial charge on any atom is 0.244 e. The molecule has 0 aromatic carbocycles. The summed E-state index contributed by atoms with van der Waals surface area (Å²) in [4.78, 5) is 24.0. The molecule has 80 valence electrons. The van der Waals surface area contributed by atoms with Crippen LogP contribution < -0.4 is 5.32 Å². The van der Waals surface area contributed by atoms with Crippen LogP contribution in [-0.4, -0.2) is 23.3 Å². The summed E-state index contributed by atoms with van der Waals surface area (Å²) in [6.45, 7) is 6.87. The summed E-state index contributed by atoms with van der Waals surface area (Å²) in [7, 11) is 0. The van der Waals surface area contributed by atoms with Crippen molar-refractivity contribution in [2.24, 2.45) is 0 Å². The molecule has 0 spiro atoms. The van der Waals surface area contributed by atoms with Crippen molar-refractivity contribution in [2.75, 3.05) is 6.54 Å². The number of hydrogen-bond donors (Lipinski definition) is 1. The fraction of sp³-hybridized carbons (Fsp3) is 0.273. The zero-order valence-electron chi connectivity index (χ0n) is 8.91. The summed E-state index contributed by atoms with van der Waals surface area (Å²) in [5.74, 6) is -0.314. The van der Waals surface area contributed by atoms with Gasteiger partial charge in [0, 0.05) is 12.6 Å². The van der Waals surface area contributed by atoms with Crippen molar-refractivity contribution in [1.29, 1.82) is 0 Å². The first-order valence-electron chi connectivity index (χ1n) is 4.64. The van der Waals surface area contributed by atoms with Crippen LogP contribution >= 0.6 is 0 Å². The van der Waals surface area contributed by atoms with Gasteiger partial charge < -0.3 is 10.2 Å². The molecule has 0 radical (unpaired) electrons. The number of carbonyl (C=O) groups is 2. The number of carbonyl (C=O) groups excluding carboxylic acids is 2. The Balaban J connectivity index is 3.04. The molecule has 0 unspecified atom stereocenters. The van der Waals surface area contributed by atoms with Gasteiger partial charge in [0.1, 0.15) is 6.54 Å². The standard InChI is InChI=1S/C11H14N2O2/c1-4-5-6-10-8(2)13(9(3)14)7-11(15)12-10/h4-6H,1,7H2,2-3H3,(H,12,15)/b6-5-. The maximum atomic E-state index is 11.3. The van der Waals surface area contributed by atoms with Crippen LogP contribution in [0.3, 0.4) is 0 Å². The van der Waals surface area contributed by atoms with Crippen molar-refractivity contribution >= 4 is 11.8 Å². The first-order valence-corrected chi connectivity index (χ1v) is 4.64. The molecule has 15 heavy (non-hydrogen) atoms. The minimum Gasteiger partial charge on any atom is -0.323 e. The number of amides is 2. The SMILES string of the molecule is C=C/C=C\C1=C(C)N(C(C)=O)CC(=O)N1. The van der Waals surface area contributed by atoms with E-state index in [0.29, 0.717) is 5.70 Å². The van der Waals surface area contributed by atoms with Gasteiger partial charge in [-0.25, -0.2) is 0 Å². The Bertz CT molecular complexity index is 367. The van der Waals surface area contributed by atoms with E-state index in [1.54, 1.807) is 25.2 Å². The van der Waals surface area contributed by atoms with Gasteiger partial charge in [0.2, 0.25) is 11.8 Å². The van der Waals surface area contributed by atoms with E-state index in [1.165, 1.54) is 11.8 Å². The second-order valence-corrected chi connectivity index (χ2v) is 3.25. The highest BCUT2D eigenvalue weighted by atomic mass is 16.2. The Morgan fingerprint density at radius 1 is 1.60 bits per heavy atom. The minimum absolute atomic E-state index is 0.0899. The lowest BCUT2D eigenvalue weighted by molar-refractivity contribution is -0.133. The molecule has 1 heterocycles. The Morgan fingerprint density at radius 3 is 2.80 bits per heavy atom. The predicted molar refractivity (Wildman–Crippen MR) is 57.6 cm³/mol. The molecule has 1 aliphatic heterocycles. The van der Waals surface area contributed by atoms with E-state index < -0.39 is 0 Å². The zero-order valence-corrected chi connectivity index (χ0v) is 8.91. The van der Waals surface area contributed by atoms with Crippen molar-refractivity contribution in [1.82, 2.24) is 10.2 Å². The number of hydrogen-bond acceptors (Lipinski definition) is 2. The van der Waals surface area contributed by atoms with Crippen LogP contribution in [0.1, 0.15) is 13.8 Å². The molecule has 0 atom stereocenters. The van der Waals surface area contributed by atoms with Crippen LogP contribution in [0.5, 0.6) is 0 Å². The summed E-state index contributed by atoms with van der Waals surface area (Å²) in [6.07, 6.45) is 5.04. The van der Waals surface area contributed by atoms with Crippen molar-refractivity contribution in [3.05, 3.63) is 36.2 Å². The summed E-state index contributed by atoms with van der Waals surface area (Å²) in [5.41, 5.74) is 1.39. The van der Waals surface area contributed by atoms with E-state index in [0.717, 1.165) is 5.70 Å². The highest BCUT2D eigenvalue weighted by Crippen LogP contribution is 2.13. The average Bonchev–Trinajstić information content (AvgIpc) is 2.18. The normalized spacial score (nSPS) is 16.9. The molecular formula is C11H14N2O2. The van der Waals surface area contributed by atoms with Crippen LogP contribution in [0.2, 0.25) is 0 Å². The monoisotopic (exact) mass is 206 g/mol. The van der Waals surface area contributed by atoms with Gasteiger partial charge in [0.25, 0.3) is 0 Å². The van der Waals surface area contributed by atoms with E-state index in [-0.39, 0.29) is 18.4 Å². The van der Waals surface area contributed by atoms with Crippen molar-refractivity contribution in [2.45, 2.75) is 13.8 Å². The van der Waals surface area contributed by atoms with Gasteiger partial charge in [-0.15, -0.1) is 0 Å². The largest absolute Gasteiger partial charge is 0.323 e. The minimum atomic E-state index is -0.181. The molecule has 0 saturated heterocycles. The van der Waals surface area contributed by atoms with Crippen LogP contribution in [0.4, 0.5) is 0 Å². The molecule has 0 aromatic heterocycles. The van der Waals surface area contributed by atoms with Crippen molar-refractivity contribution in [3.8, 4) is 0 Å². The molecule has 1 rings (SSSR count). The third-order valence-corrected chi connectivity index (χ3v) is 2.15. The zero-order chi connectivity index (χ0) is 11.4. The second kappa shape index (κ2) is 4.59. The van der Waals surface area contributed by atoms with E-state index in [4.69, 9.17) is 0 Å². The van der Waals surface area contributed by atoms with E-state index in [1.807, 2.05) is 0 Å². The maximum absolute atomic E-state index is 11.3. The first kappa shape index (κ1) is 11.2. The fourth-order valence-electron chi connectivity index (χ4n) is 1.36. The molecule has 4 nitrogen and oxygen atoms in total. The fourth-order valence-corrected chi connectivity index (χ4v) is 1.36. The molecule has 0 bridgehead atoms. The van der Waals surface area contributed by atoms with Crippen LogP contribution in [0.25, 0.3) is 0 Å². The third kappa shape index (κ3) is 2.56. The van der Waals surface area contributed by atoms with Gasteiger partial charge in [-0.2, -0.15) is 0 Å². The highest BCUT2D eigenvalue weighted by molar-refractivity contribution is 5.88. The number of allylic oxidation sites excluding steroid dienone is 4. The van der Waals surface area contributed by atoms with E-state index >= 15 is 0 Å². The molecule has 4 heteroatoms. The second-order valence-electron chi connectivity index (χ2n) is 3.25. The van der Waals surface area contributed by atoms with Gasteiger partial charge in [0.15, 0.2) is 0 Å². The van der Waals surface area contributed by atoms with E-state index in [9.17, 15) is 9.59 Å². The molecule has 0 aromatic rings. The Morgan fingerprint density at radius 2 is 2.27 bits per heavy atom. The number of rotatable bonds is 2. The first-order chi connectivity index (χ1) is 7.06. The molecule has 0 saturated carbocycles. The quantitative estimate of drug-likeness (QED) is 0.683. The van der Waals surface area contributed by atoms with Crippen LogP contribution in [-0.2, 0) is 9.59 Å². The number of nitrogens with one attached hydrogen (secondary N) is 1. The lowest BCUT2D eigenvalue weighted by Gasteiger charge is -2.28. The molecular weight excluding hydrogens is 192 g/mol. The molecule has 0 aliphatic carbocycles. The van der Waals surface area contributed by atoms with Gasteiger partial charge in [0.05, 0.1) is 5.70 Å². The van der Waals surface area contributed by atoms with Gasteiger partial charge >= 0.3 is 0 Å². The van der Waals surface area contributed by atoms with Gasteiger partial charge in [-0.05, 0) is 13.0 Å². The topological polar surface area (TPSA) is 49.4 Å². The molecule has 0 fully saturated rings. The van der Waals surface area contributed by atoms with Gasteiger partial charge in [-0.3, -0.25) is 9.59 Å². The van der Waals surface area contributed by atoms with E-state index in [2.05, 4.69) is 11.9 Å². The molecule has 1 N–H and O–H groups in total. The Hall–Kier alpha value is -1.84. The van der Waals surface area contributed by atoms with Crippen molar-refractivity contribution in [3.63, 3.8) is 0 Å². The molecule has 2 amide bonds. The summed E-state index contributed by atoms with van der Waals surface area (Å²) in [5, 5.41) is 2.70. The molecule has 1 aliphatic rings. The third-order valence-electron chi connectivity index (χ3n) is 2.15. The summed E-state index contributed by atoms with van der Waals surface area (Å²) >= 11 is 0. The Labute approximate surface area is 88.9 Å².